The molecule has 1 unspecified atom stereocenters. The number of piperidine rings is 1. The van der Waals surface area contributed by atoms with Crippen molar-refractivity contribution < 1.29 is 14.6 Å². The molecule has 0 spiro atoms. The molecule has 0 saturated carbocycles. The summed E-state index contributed by atoms with van der Waals surface area (Å²) in [4.78, 5) is 26.6. The number of fused-ring (bicyclic) bond motifs is 1. The van der Waals surface area contributed by atoms with Crippen LogP contribution in [-0.4, -0.2) is 60.0 Å². The molecule has 4 heterocycles. The Morgan fingerprint density at radius 1 is 1.10 bits per heavy atom. The van der Waals surface area contributed by atoms with E-state index < -0.39 is 6.09 Å². The summed E-state index contributed by atoms with van der Waals surface area (Å²) in [5.74, 6) is 1.59. The summed E-state index contributed by atoms with van der Waals surface area (Å²) >= 11 is 0. The second-order valence-electron chi connectivity index (χ2n) is 10.2. The summed E-state index contributed by atoms with van der Waals surface area (Å²) in [5.41, 5.74) is 4.50. The van der Waals surface area contributed by atoms with Crippen LogP contribution in [0.3, 0.4) is 0 Å². The van der Waals surface area contributed by atoms with E-state index in [9.17, 15) is 9.90 Å². The number of aromatic nitrogens is 5. The quantitative estimate of drug-likeness (QED) is 0.250. The number of aryl methyl sites for hydroxylation is 2. The molecule has 10 nitrogen and oxygen atoms in total. The van der Waals surface area contributed by atoms with E-state index in [-0.39, 0.29) is 6.04 Å². The van der Waals surface area contributed by atoms with Crippen LogP contribution >= 0.6 is 0 Å². The fourth-order valence-corrected chi connectivity index (χ4v) is 5.23. The molecule has 2 N–H and O–H groups in total. The van der Waals surface area contributed by atoms with Gasteiger partial charge in [-0.15, -0.1) is 0 Å². The average molecular weight is 550 g/mol. The van der Waals surface area contributed by atoms with E-state index in [2.05, 4.69) is 45.6 Å². The fourth-order valence-electron chi connectivity index (χ4n) is 5.23. The summed E-state index contributed by atoms with van der Waals surface area (Å²) in [5, 5.41) is 19.2. The van der Waals surface area contributed by atoms with Crippen molar-refractivity contribution >= 4 is 22.8 Å². The highest BCUT2D eigenvalue weighted by molar-refractivity contribution is 5.95. The van der Waals surface area contributed by atoms with Gasteiger partial charge in [0.05, 0.1) is 23.1 Å². The van der Waals surface area contributed by atoms with E-state index in [1.54, 1.807) is 12.4 Å². The average Bonchev–Trinajstić information content (AvgIpc) is 3.48. The molecule has 41 heavy (non-hydrogen) atoms. The van der Waals surface area contributed by atoms with Gasteiger partial charge in [0.2, 0.25) is 11.8 Å². The Morgan fingerprint density at radius 3 is 2.83 bits per heavy atom. The molecule has 1 saturated heterocycles. The topological polar surface area (TPSA) is 118 Å². The van der Waals surface area contributed by atoms with Crippen LogP contribution in [-0.2, 0) is 6.42 Å². The fraction of sp³-hybridized carbons (Fsp3) is 0.258. The summed E-state index contributed by atoms with van der Waals surface area (Å²) in [6.07, 6.45) is 8.98. The molecule has 0 radical (unpaired) electrons. The molecule has 5 aromatic rings. The van der Waals surface area contributed by atoms with Crippen molar-refractivity contribution in [1.29, 1.82) is 0 Å². The van der Waals surface area contributed by atoms with Gasteiger partial charge in [-0.3, -0.25) is 0 Å². The number of carboxylic acid groups (broad SMARTS) is 1. The van der Waals surface area contributed by atoms with Gasteiger partial charge >= 0.3 is 6.09 Å². The number of ether oxygens (including phenoxy) is 1. The molecule has 1 fully saturated rings. The molecule has 0 aliphatic carbocycles. The number of anilines is 1. The minimum atomic E-state index is -0.908. The molecular formula is C31H31N7O3. The van der Waals surface area contributed by atoms with Crippen molar-refractivity contribution in [3.8, 4) is 28.6 Å². The van der Waals surface area contributed by atoms with Crippen LogP contribution in [0.2, 0.25) is 0 Å². The molecule has 3 aromatic heterocycles. The Bertz CT molecular complexity index is 1720. The van der Waals surface area contributed by atoms with Crippen LogP contribution in [0.1, 0.15) is 30.9 Å². The highest BCUT2D eigenvalue weighted by Crippen LogP contribution is 2.38. The number of likely N-dealkylation sites (tertiary alicyclic amines) is 1. The van der Waals surface area contributed by atoms with Crippen LogP contribution in [0.4, 0.5) is 10.7 Å². The highest BCUT2D eigenvalue weighted by Gasteiger charge is 2.24. The first kappa shape index (κ1) is 26.2. The molecule has 10 heteroatoms. The van der Waals surface area contributed by atoms with E-state index in [4.69, 9.17) is 9.72 Å². The lowest BCUT2D eigenvalue weighted by Crippen LogP contribution is -2.44. The summed E-state index contributed by atoms with van der Waals surface area (Å²) < 4.78 is 8.47. The summed E-state index contributed by atoms with van der Waals surface area (Å²) in [7, 11) is 0. The number of hydrogen-bond acceptors (Lipinski definition) is 7. The maximum absolute atomic E-state index is 11.4. The molecule has 1 amide bonds. The number of carbonyl (C=O) groups is 1. The zero-order valence-electron chi connectivity index (χ0n) is 23.0. The normalized spacial score (nSPS) is 15.2. The smallest absolute Gasteiger partial charge is 0.407 e. The lowest BCUT2D eigenvalue weighted by atomic mass is 10.0. The SMILES string of the molecule is CCc1cnn(-c2cccc3c(Oc4ncccc4-c4ccnc(NC5CCCN(C(=O)O)C5)n4)c(C)ccc23)c1. The van der Waals surface area contributed by atoms with Gasteiger partial charge in [0.1, 0.15) is 5.75 Å². The van der Waals surface area contributed by atoms with Crippen LogP contribution in [0.5, 0.6) is 11.6 Å². The Labute approximate surface area is 237 Å². The third kappa shape index (κ3) is 5.41. The first-order chi connectivity index (χ1) is 20.0. The number of rotatable bonds is 7. The van der Waals surface area contributed by atoms with Gasteiger partial charge in [-0.2, -0.15) is 5.10 Å². The van der Waals surface area contributed by atoms with Crippen molar-refractivity contribution in [1.82, 2.24) is 29.6 Å². The summed E-state index contributed by atoms with van der Waals surface area (Å²) in [6, 6.07) is 15.8. The molecule has 208 valence electrons. The van der Waals surface area contributed by atoms with E-state index >= 15 is 0 Å². The minimum Gasteiger partial charge on any atom is -0.465 e. The zero-order valence-corrected chi connectivity index (χ0v) is 23.0. The highest BCUT2D eigenvalue weighted by atomic mass is 16.5. The monoisotopic (exact) mass is 549 g/mol. The largest absolute Gasteiger partial charge is 0.465 e. The minimum absolute atomic E-state index is 0.0598. The number of pyridine rings is 1. The number of hydrogen-bond donors (Lipinski definition) is 2. The number of benzene rings is 2. The number of nitrogens with zero attached hydrogens (tertiary/aromatic N) is 6. The second-order valence-corrected chi connectivity index (χ2v) is 10.2. The van der Waals surface area contributed by atoms with Crippen molar-refractivity contribution in [2.45, 2.75) is 39.2 Å². The Morgan fingerprint density at radius 2 is 2.00 bits per heavy atom. The number of nitrogens with one attached hydrogen (secondary N) is 1. The Balaban J connectivity index is 1.32. The van der Waals surface area contributed by atoms with Gasteiger partial charge < -0.3 is 20.1 Å². The molecule has 0 bridgehead atoms. The van der Waals surface area contributed by atoms with Gasteiger partial charge in [0, 0.05) is 48.5 Å². The maximum atomic E-state index is 11.4. The first-order valence-electron chi connectivity index (χ1n) is 13.8. The van der Waals surface area contributed by atoms with Gasteiger partial charge in [0.15, 0.2) is 0 Å². The summed E-state index contributed by atoms with van der Waals surface area (Å²) in [6.45, 7) is 5.07. The van der Waals surface area contributed by atoms with Crippen molar-refractivity contribution in [3.05, 3.63) is 84.4 Å². The van der Waals surface area contributed by atoms with E-state index in [1.807, 2.05) is 54.2 Å². The van der Waals surface area contributed by atoms with Crippen LogP contribution in [0.25, 0.3) is 27.7 Å². The lowest BCUT2D eigenvalue weighted by Gasteiger charge is -2.31. The molecule has 1 aliphatic heterocycles. The van der Waals surface area contributed by atoms with Gasteiger partial charge in [-0.25, -0.2) is 24.4 Å². The number of amides is 1. The van der Waals surface area contributed by atoms with Gasteiger partial charge in [-0.1, -0.05) is 31.2 Å². The second kappa shape index (κ2) is 11.2. The molecule has 6 rings (SSSR count). The maximum Gasteiger partial charge on any atom is 0.407 e. The standard InChI is InChI=1S/C31H31N7O3/c1-3-21-17-34-38(18-21)27-10-4-8-24-23(27)12-11-20(2)28(24)41-29-25(9-5-14-32-29)26-13-15-33-30(36-26)35-22-7-6-16-37(19-22)31(39)40/h4-5,8-15,17-18,22H,3,6-7,16,19H2,1-2H3,(H,39,40)(H,33,35,36). The van der Waals surface area contributed by atoms with Gasteiger partial charge in [-0.05, 0) is 61.6 Å². The van der Waals surface area contributed by atoms with Crippen LogP contribution < -0.4 is 10.1 Å². The molecule has 2 aromatic carbocycles. The Kier molecular flexibility index (Phi) is 7.20. The third-order valence-electron chi connectivity index (χ3n) is 7.40. The van der Waals surface area contributed by atoms with Crippen molar-refractivity contribution in [3.63, 3.8) is 0 Å². The van der Waals surface area contributed by atoms with Crippen molar-refractivity contribution in [2.24, 2.45) is 0 Å². The van der Waals surface area contributed by atoms with E-state index in [1.165, 1.54) is 10.5 Å². The molecular weight excluding hydrogens is 518 g/mol. The van der Waals surface area contributed by atoms with Crippen molar-refractivity contribution in [2.75, 3.05) is 18.4 Å². The first-order valence-corrected chi connectivity index (χ1v) is 13.8. The Hall–Kier alpha value is -4.99. The predicted molar refractivity (Wildman–Crippen MR) is 157 cm³/mol. The van der Waals surface area contributed by atoms with Crippen LogP contribution in [0.15, 0.2) is 73.3 Å². The predicted octanol–water partition coefficient (Wildman–Crippen LogP) is 6.09. The van der Waals surface area contributed by atoms with E-state index in [0.29, 0.717) is 30.6 Å². The van der Waals surface area contributed by atoms with Crippen LogP contribution in [0, 0.1) is 6.92 Å². The van der Waals surface area contributed by atoms with Gasteiger partial charge in [0.25, 0.3) is 0 Å². The third-order valence-corrected chi connectivity index (χ3v) is 7.40. The molecule has 1 atom stereocenters. The molecule has 1 aliphatic rings. The zero-order chi connectivity index (χ0) is 28.3. The lowest BCUT2D eigenvalue weighted by molar-refractivity contribution is 0.132. The van der Waals surface area contributed by atoms with E-state index in [0.717, 1.165) is 52.6 Å².